The van der Waals surface area contributed by atoms with Gasteiger partial charge in [-0.25, -0.2) is 4.79 Å². The highest BCUT2D eigenvalue weighted by molar-refractivity contribution is 7.17. The number of hydrogen-bond donors (Lipinski definition) is 1. The van der Waals surface area contributed by atoms with E-state index in [2.05, 4.69) is 17.2 Å². The lowest BCUT2D eigenvalue weighted by Crippen LogP contribution is -2.14. The summed E-state index contributed by atoms with van der Waals surface area (Å²) in [4.78, 5) is 26.6. The van der Waals surface area contributed by atoms with Gasteiger partial charge in [0.15, 0.2) is 0 Å². The van der Waals surface area contributed by atoms with E-state index >= 15 is 0 Å². The number of anilines is 1. The van der Waals surface area contributed by atoms with E-state index in [4.69, 9.17) is 4.74 Å². The van der Waals surface area contributed by atoms with Crippen molar-refractivity contribution < 1.29 is 14.3 Å². The van der Waals surface area contributed by atoms with Gasteiger partial charge in [0.05, 0.1) is 12.2 Å². The minimum atomic E-state index is -0.410. The molecule has 1 heterocycles. The maximum Gasteiger partial charge on any atom is 0.341 e. The van der Waals surface area contributed by atoms with E-state index < -0.39 is 5.91 Å². The molecule has 31 heavy (non-hydrogen) atoms. The highest BCUT2D eigenvalue weighted by Gasteiger charge is 2.25. The van der Waals surface area contributed by atoms with Crippen LogP contribution in [0.4, 0.5) is 5.00 Å². The molecule has 0 spiro atoms. The fourth-order valence-corrected chi connectivity index (χ4v) is 5.19. The lowest BCUT2D eigenvalue weighted by molar-refractivity contribution is -0.111. The maximum atomic E-state index is 12.8. The van der Waals surface area contributed by atoms with Crippen LogP contribution >= 0.6 is 11.3 Å². The van der Waals surface area contributed by atoms with Gasteiger partial charge in [0.25, 0.3) is 0 Å². The van der Waals surface area contributed by atoms with Gasteiger partial charge in [-0.1, -0.05) is 62.6 Å². The number of carbonyl (C=O) groups excluding carboxylic acids is 2. The van der Waals surface area contributed by atoms with Gasteiger partial charge in [-0.15, -0.1) is 11.3 Å². The van der Waals surface area contributed by atoms with E-state index in [1.54, 1.807) is 6.92 Å². The summed E-state index contributed by atoms with van der Waals surface area (Å²) < 4.78 is 5.36. The van der Waals surface area contributed by atoms with Crippen LogP contribution in [0.15, 0.2) is 30.3 Å². The van der Waals surface area contributed by atoms with Crippen LogP contribution in [0.3, 0.4) is 0 Å². The number of ether oxygens (including phenoxy) is 1. The second kappa shape index (κ2) is 12.3. The molecule has 0 fully saturated rings. The average Bonchev–Trinajstić information content (AvgIpc) is 3.10. The number of carbonyl (C=O) groups is 2. The molecule has 4 nitrogen and oxygen atoms in total. The molecule has 0 unspecified atom stereocenters. The maximum absolute atomic E-state index is 12.8. The van der Waals surface area contributed by atoms with Crippen LogP contribution in [0.5, 0.6) is 0 Å². The summed E-state index contributed by atoms with van der Waals surface area (Å²) in [6.45, 7) is 2.12. The number of aryl methyl sites for hydroxylation is 1. The number of benzene rings is 1. The van der Waals surface area contributed by atoms with Crippen molar-refractivity contribution in [2.75, 3.05) is 11.9 Å². The molecular weight excluding hydrogens is 406 g/mol. The zero-order valence-electron chi connectivity index (χ0n) is 18.3. The number of amides is 1. The quantitative estimate of drug-likeness (QED) is 0.464. The van der Waals surface area contributed by atoms with Crippen molar-refractivity contribution in [3.63, 3.8) is 0 Å². The Morgan fingerprint density at radius 2 is 1.61 bits per heavy atom. The highest BCUT2D eigenvalue weighted by atomic mass is 32.1. The molecule has 1 aliphatic rings. The normalized spacial score (nSPS) is 14.7. The fourth-order valence-electron chi connectivity index (χ4n) is 3.92. The second-order valence-electron chi connectivity index (χ2n) is 7.83. The van der Waals surface area contributed by atoms with E-state index in [1.165, 1.54) is 54.7 Å². The number of esters is 1. The number of fused-ring (bicyclic) bond motifs is 1. The minimum Gasteiger partial charge on any atom is -0.462 e. The van der Waals surface area contributed by atoms with Crippen molar-refractivity contribution in [3.05, 3.63) is 51.9 Å². The molecule has 164 valence electrons. The Morgan fingerprint density at radius 1 is 0.968 bits per heavy atom. The third-order valence-corrected chi connectivity index (χ3v) is 6.68. The van der Waals surface area contributed by atoms with Crippen molar-refractivity contribution >= 4 is 28.2 Å². The molecule has 1 aliphatic carbocycles. The standard InChI is InChI=1S/C26H31NO3S/c1-2-30-26(29)24-21-16-12-7-5-3-4-6-8-13-17-22(21)31-25(24)27-23(28)19-18-20-14-10-9-11-15-20/h9-11,14-15H,2-8,12-13,16-17H2,1H3,(H,27,28). The molecule has 1 aromatic carbocycles. The van der Waals surface area contributed by atoms with E-state index in [-0.39, 0.29) is 5.97 Å². The Bertz CT molecular complexity index is 937. The van der Waals surface area contributed by atoms with Gasteiger partial charge in [0, 0.05) is 16.4 Å². The Hall–Kier alpha value is -2.58. The molecule has 1 amide bonds. The molecule has 0 atom stereocenters. The smallest absolute Gasteiger partial charge is 0.341 e. The van der Waals surface area contributed by atoms with E-state index in [1.807, 2.05) is 30.3 Å². The molecule has 0 radical (unpaired) electrons. The third kappa shape index (κ3) is 6.97. The van der Waals surface area contributed by atoms with Gasteiger partial charge in [-0.2, -0.15) is 0 Å². The van der Waals surface area contributed by atoms with Crippen LogP contribution in [0.25, 0.3) is 0 Å². The van der Waals surface area contributed by atoms with Gasteiger partial charge >= 0.3 is 11.9 Å². The largest absolute Gasteiger partial charge is 0.462 e. The van der Waals surface area contributed by atoms with Crippen LogP contribution in [0, 0.1) is 11.8 Å². The zero-order valence-corrected chi connectivity index (χ0v) is 19.1. The molecule has 0 bridgehead atoms. The predicted octanol–water partition coefficient (Wildman–Crippen LogP) is 6.13. The van der Waals surface area contributed by atoms with Crippen LogP contribution in [0.1, 0.15) is 84.7 Å². The van der Waals surface area contributed by atoms with Crippen molar-refractivity contribution in [2.45, 2.75) is 71.1 Å². The van der Waals surface area contributed by atoms with Crippen molar-refractivity contribution in [3.8, 4) is 11.8 Å². The van der Waals surface area contributed by atoms with E-state index in [0.29, 0.717) is 17.2 Å². The SMILES string of the molecule is CCOC(=O)c1c(NC(=O)C#Cc2ccccc2)sc2c1CCCCCCCCCC2. The molecule has 0 aliphatic heterocycles. The van der Waals surface area contributed by atoms with Crippen LogP contribution in [-0.2, 0) is 22.4 Å². The molecule has 3 rings (SSSR count). The molecule has 1 aromatic heterocycles. The van der Waals surface area contributed by atoms with Crippen molar-refractivity contribution in [2.24, 2.45) is 0 Å². The summed E-state index contributed by atoms with van der Waals surface area (Å²) in [5, 5.41) is 3.45. The van der Waals surface area contributed by atoms with Gasteiger partial charge in [0.1, 0.15) is 5.00 Å². The van der Waals surface area contributed by atoms with Crippen molar-refractivity contribution in [1.82, 2.24) is 0 Å². The molecule has 0 saturated carbocycles. The Balaban J connectivity index is 1.87. The highest BCUT2D eigenvalue weighted by Crippen LogP contribution is 2.37. The topological polar surface area (TPSA) is 55.4 Å². The molecule has 1 N–H and O–H groups in total. The third-order valence-electron chi connectivity index (χ3n) is 5.47. The van der Waals surface area contributed by atoms with Crippen LogP contribution < -0.4 is 5.32 Å². The summed E-state index contributed by atoms with van der Waals surface area (Å²) >= 11 is 1.52. The van der Waals surface area contributed by atoms with E-state index in [0.717, 1.165) is 36.8 Å². The molecule has 2 aromatic rings. The van der Waals surface area contributed by atoms with Gasteiger partial charge < -0.3 is 10.1 Å². The monoisotopic (exact) mass is 437 g/mol. The molecule has 0 saturated heterocycles. The Labute approximate surface area is 189 Å². The molecular formula is C26H31NO3S. The van der Waals surface area contributed by atoms with Gasteiger partial charge in [0.2, 0.25) is 0 Å². The lowest BCUT2D eigenvalue weighted by atomic mass is 9.97. The van der Waals surface area contributed by atoms with Gasteiger partial charge in [-0.05, 0) is 50.3 Å². The average molecular weight is 438 g/mol. The number of hydrogen-bond acceptors (Lipinski definition) is 4. The fraction of sp³-hybridized carbons (Fsp3) is 0.462. The minimum absolute atomic E-state index is 0.310. The number of nitrogens with one attached hydrogen (secondary N) is 1. The number of rotatable bonds is 3. The molecule has 5 heteroatoms. The Kier molecular flexibility index (Phi) is 9.17. The first kappa shape index (κ1) is 23.1. The second-order valence-corrected chi connectivity index (χ2v) is 8.93. The summed E-state index contributed by atoms with van der Waals surface area (Å²) in [7, 11) is 0. The number of thiophene rings is 1. The van der Waals surface area contributed by atoms with Crippen LogP contribution in [0.2, 0.25) is 0 Å². The summed E-state index contributed by atoms with van der Waals surface area (Å²) in [6.07, 6.45) is 11.4. The first-order chi connectivity index (χ1) is 15.2. The Morgan fingerprint density at radius 3 is 2.29 bits per heavy atom. The first-order valence-corrected chi connectivity index (χ1v) is 12.2. The summed E-state index contributed by atoms with van der Waals surface area (Å²) in [5.41, 5.74) is 2.38. The summed E-state index contributed by atoms with van der Waals surface area (Å²) in [5.74, 6) is 4.76. The lowest BCUT2D eigenvalue weighted by Gasteiger charge is -2.10. The first-order valence-electron chi connectivity index (χ1n) is 11.4. The zero-order chi connectivity index (χ0) is 21.9. The summed E-state index contributed by atoms with van der Waals surface area (Å²) in [6, 6.07) is 9.40. The van der Waals surface area contributed by atoms with E-state index in [9.17, 15) is 9.59 Å². The van der Waals surface area contributed by atoms with Crippen molar-refractivity contribution in [1.29, 1.82) is 0 Å². The van der Waals surface area contributed by atoms with Gasteiger partial charge in [-0.3, -0.25) is 4.79 Å². The predicted molar refractivity (Wildman–Crippen MR) is 127 cm³/mol. The van der Waals surface area contributed by atoms with Crippen LogP contribution in [-0.4, -0.2) is 18.5 Å².